The van der Waals surface area contributed by atoms with Crippen molar-refractivity contribution in [3.05, 3.63) is 9.98 Å². The number of aromatic nitrogens is 1. The quantitative estimate of drug-likeness (QED) is 0.826. The fourth-order valence-electron chi connectivity index (χ4n) is 1.44. The van der Waals surface area contributed by atoms with E-state index in [1.807, 2.05) is 0 Å². The van der Waals surface area contributed by atoms with E-state index in [0.717, 1.165) is 17.2 Å². The Balaban J connectivity index is 2.10. The summed E-state index contributed by atoms with van der Waals surface area (Å²) in [6.07, 6.45) is 3.89. The van der Waals surface area contributed by atoms with E-state index in [9.17, 15) is 0 Å². The van der Waals surface area contributed by atoms with Crippen LogP contribution in [0.15, 0.2) is 9.98 Å². The second-order valence-electron chi connectivity index (χ2n) is 3.38. The summed E-state index contributed by atoms with van der Waals surface area (Å²) >= 11 is 5.13. The molecule has 0 aromatic carbocycles. The highest BCUT2D eigenvalue weighted by atomic mass is 79.9. The largest absolute Gasteiger partial charge is 0.345 e. The van der Waals surface area contributed by atoms with Crippen LogP contribution < -0.4 is 4.90 Å². The maximum absolute atomic E-state index is 4.45. The monoisotopic (exact) mass is 260 g/mol. The summed E-state index contributed by atoms with van der Waals surface area (Å²) in [4.78, 5) is 6.89. The van der Waals surface area contributed by atoms with E-state index in [2.05, 4.69) is 38.1 Å². The maximum atomic E-state index is 4.45. The zero-order valence-corrected chi connectivity index (χ0v) is 10.1. The van der Waals surface area contributed by atoms with Crippen LogP contribution in [0.2, 0.25) is 0 Å². The molecule has 0 spiro atoms. The van der Waals surface area contributed by atoms with E-state index >= 15 is 0 Å². The first-order valence-corrected chi connectivity index (χ1v) is 6.36. The van der Waals surface area contributed by atoms with Gasteiger partial charge in [-0.2, -0.15) is 0 Å². The average Bonchev–Trinajstić information content (AvgIpc) is 2.85. The van der Waals surface area contributed by atoms with Gasteiger partial charge in [-0.05, 0) is 35.2 Å². The van der Waals surface area contributed by atoms with Gasteiger partial charge in [0.2, 0.25) is 0 Å². The van der Waals surface area contributed by atoms with Gasteiger partial charge in [-0.25, -0.2) is 4.98 Å². The minimum absolute atomic E-state index is 0.776. The van der Waals surface area contributed by atoms with Crippen LogP contribution in [-0.4, -0.2) is 17.6 Å². The molecule has 1 aromatic rings. The molecule has 13 heavy (non-hydrogen) atoms. The molecule has 0 amide bonds. The van der Waals surface area contributed by atoms with Crippen molar-refractivity contribution < 1.29 is 0 Å². The molecule has 1 heterocycles. The second-order valence-corrected chi connectivity index (χ2v) is 5.03. The zero-order valence-electron chi connectivity index (χ0n) is 7.66. The third-order valence-corrected chi connectivity index (χ3v) is 3.75. The van der Waals surface area contributed by atoms with Gasteiger partial charge >= 0.3 is 0 Å². The Morgan fingerprint density at radius 1 is 1.69 bits per heavy atom. The number of halogens is 1. The average molecular weight is 261 g/mol. The van der Waals surface area contributed by atoms with Gasteiger partial charge in [-0.15, -0.1) is 11.3 Å². The molecule has 1 fully saturated rings. The Hall–Kier alpha value is -0.0900. The van der Waals surface area contributed by atoms with Crippen LogP contribution in [0.4, 0.5) is 5.13 Å². The first kappa shape index (κ1) is 9.46. The van der Waals surface area contributed by atoms with Gasteiger partial charge in [0, 0.05) is 18.0 Å². The smallest absolute Gasteiger partial charge is 0.186 e. The number of rotatable bonds is 4. The fraction of sp³-hybridized carbons (Fsp3) is 0.667. The molecule has 2 nitrogen and oxygen atoms in total. The lowest BCUT2D eigenvalue weighted by Crippen LogP contribution is -2.26. The Morgan fingerprint density at radius 3 is 2.92 bits per heavy atom. The van der Waals surface area contributed by atoms with Crippen LogP contribution in [0.5, 0.6) is 0 Å². The van der Waals surface area contributed by atoms with Crippen LogP contribution in [-0.2, 0) is 0 Å². The lowest BCUT2D eigenvalue weighted by Gasteiger charge is -2.20. The molecule has 1 saturated carbocycles. The minimum atomic E-state index is 0.776. The van der Waals surface area contributed by atoms with Crippen molar-refractivity contribution in [2.24, 2.45) is 0 Å². The Labute approximate surface area is 91.1 Å². The summed E-state index contributed by atoms with van der Waals surface area (Å²) < 4.78 is 0.967. The van der Waals surface area contributed by atoms with Crippen molar-refractivity contribution in [3.8, 4) is 0 Å². The number of nitrogens with zero attached hydrogens (tertiary/aromatic N) is 2. The lowest BCUT2D eigenvalue weighted by atomic mass is 10.4. The van der Waals surface area contributed by atoms with Gasteiger partial charge in [0.05, 0.1) is 0 Å². The highest BCUT2D eigenvalue weighted by Gasteiger charge is 2.30. The third-order valence-electron chi connectivity index (χ3n) is 2.16. The predicted molar refractivity (Wildman–Crippen MR) is 60.5 cm³/mol. The summed E-state index contributed by atoms with van der Waals surface area (Å²) in [5, 5.41) is 3.23. The molecule has 0 atom stereocenters. The van der Waals surface area contributed by atoms with Crippen molar-refractivity contribution in [2.75, 3.05) is 11.4 Å². The van der Waals surface area contributed by atoms with Crippen LogP contribution >= 0.6 is 27.3 Å². The van der Waals surface area contributed by atoms with Crippen LogP contribution in [0.1, 0.15) is 26.2 Å². The summed E-state index contributed by atoms with van der Waals surface area (Å²) in [5.74, 6) is 0. The Bertz CT molecular complexity index is 283. The fourth-order valence-corrected chi connectivity index (χ4v) is 2.79. The topological polar surface area (TPSA) is 16.1 Å². The molecule has 0 radical (unpaired) electrons. The van der Waals surface area contributed by atoms with Crippen LogP contribution in [0, 0.1) is 0 Å². The Kier molecular flexibility index (Phi) is 2.89. The minimum Gasteiger partial charge on any atom is -0.345 e. The Morgan fingerprint density at radius 2 is 2.46 bits per heavy atom. The third kappa shape index (κ3) is 2.23. The van der Waals surface area contributed by atoms with E-state index in [1.165, 1.54) is 24.4 Å². The lowest BCUT2D eigenvalue weighted by molar-refractivity contribution is 0.759. The van der Waals surface area contributed by atoms with Gasteiger partial charge in [0.15, 0.2) is 5.13 Å². The standard InChI is InChI=1S/C9H13BrN2S/c1-2-5-12(7-3-4-7)9-11-8(10)6-13-9/h6-7H,2-5H2,1H3. The molecule has 2 rings (SSSR count). The summed E-state index contributed by atoms with van der Waals surface area (Å²) in [6, 6.07) is 0.776. The van der Waals surface area contributed by atoms with Gasteiger partial charge in [0.25, 0.3) is 0 Å². The number of hydrogen-bond acceptors (Lipinski definition) is 3. The number of hydrogen-bond donors (Lipinski definition) is 0. The predicted octanol–water partition coefficient (Wildman–Crippen LogP) is 3.28. The van der Waals surface area contributed by atoms with Crippen molar-refractivity contribution in [2.45, 2.75) is 32.2 Å². The van der Waals surface area contributed by atoms with Gasteiger partial charge in [-0.1, -0.05) is 6.92 Å². The summed E-state index contributed by atoms with van der Waals surface area (Å²) in [5.41, 5.74) is 0. The molecular weight excluding hydrogens is 248 g/mol. The van der Waals surface area contributed by atoms with Crippen LogP contribution in [0.3, 0.4) is 0 Å². The summed E-state index contributed by atoms with van der Waals surface area (Å²) in [6.45, 7) is 3.36. The van der Waals surface area contributed by atoms with Crippen molar-refractivity contribution in [3.63, 3.8) is 0 Å². The van der Waals surface area contributed by atoms with E-state index in [4.69, 9.17) is 0 Å². The van der Waals surface area contributed by atoms with Gasteiger partial charge < -0.3 is 4.90 Å². The molecule has 1 aromatic heterocycles. The second kappa shape index (κ2) is 3.96. The molecule has 0 unspecified atom stereocenters. The van der Waals surface area contributed by atoms with Crippen LogP contribution in [0.25, 0.3) is 0 Å². The first-order valence-electron chi connectivity index (χ1n) is 4.69. The molecule has 0 aliphatic heterocycles. The molecule has 72 valence electrons. The van der Waals surface area contributed by atoms with E-state index in [0.29, 0.717) is 0 Å². The van der Waals surface area contributed by atoms with E-state index in [1.54, 1.807) is 11.3 Å². The molecule has 1 aliphatic carbocycles. The molecule has 0 N–H and O–H groups in total. The first-order chi connectivity index (χ1) is 6.31. The SMILES string of the molecule is CCCN(c1nc(Br)cs1)C1CC1. The number of thiazole rings is 1. The number of anilines is 1. The molecule has 0 bridgehead atoms. The van der Waals surface area contributed by atoms with Gasteiger partial charge in [-0.3, -0.25) is 0 Å². The van der Waals surface area contributed by atoms with Gasteiger partial charge in [0.1, 0.15) is 4.60 Å². The highest BCUT2D eigenvalue weighted by molar-refractivity contribution is 9.10. The van der Waals surface area contributed by atoms with Crippen molar-refractivity contribution in [1.29, 1.82) is 0 Å². The normalized spacial score (nSPS) is 16.2. The van der Waals surface area contributed by atoms with E-state index in [-0.39, 0.29) is 0 Å². The summed E-state index contributed by atoms with van der Waals surface area (Å²) in [7, 11) is 0. The zero-order chi connectivity index (χ0) is 9.26. The molecular formula is C9H13BrN2S. The molecule has 1 aliphatic rings. The van der Waals surface area contributed by atoms with Crippen molar-refractivity contribution in [1.82, 2.24) is 4.98 Å². The van der Waals surface area contributed by atoms with E-state index < -0.39 is 0 Å². The molecule has 0 saturated heterocycles. The van der Waals surface area contributed by atoms with Crippen molar-refractivity contribution >= 4 is 32.4 Å². The maximum Gasteiger partial charge on any atom is 0.186 e. The highest BCUT2D eigenvalue weighted by Crippen LogP contribution is 2.34. The molecule has 4 heteroatoms.